The predicted molar refractivity (Wildman–Crippen MR) is 87.0 cm³/mol. The Kier molecular flexibility index (Phi) is 5.23. The lowest BCUT2D eigenvalue weighted by Crippen LogP contribution is -2.15. The summed E-state index contributed by atoms with van der Waals surface area (Å²) >= 11 is 0. The van der Waals surface area contributed by atoms with Crippen LogP contribution in [0, 0.1) is 0 Å². The van der Waals surface area contributed by atoms with Gasteiger partial charge in [-0.1, -0.05) is 12.1 Å². The minimum absolute atomic E-state index is 0.194. The molecule has 0 atom stereocenters. The summed E-state index contributed by atoms with van der Waals surface area (Å²) in [5.74, 6) is -0.0115. The van der Waals surface area contributed by atoms with Crippen LogP contribution in [0.4, 0.5) is 5.69 Å². The Morgan fingerprint density at radius 1 is 1.00 bits per heavy atom. The first-order valence-corrected chi connectivity index (χ1v) is 8.40. The number of rotatable bonds is 6. The summed E-state index contributed by atoms with van der Waals surface area (Å²) in [5, 5.41) is 0. The van der Waals surface area contributed by atoms with Crippen LogP contribution in [0.5, 0.6) is 5.75 Å². The van der Waals surface area contributed by atoms with Gasteiger partial charge in [0.05, 0.1) is 25.5 Å². The standard InChI is InChI=1S/C16H17NO5S/c1-21-15-9-7-14(8-10-15)17-23(19,20)11-12-3-5-13(6-4-12)16(18)22-2/h3-10,17H,11H2,1-2H3. The van der Waals surface area contributed by atoms with Crippen LogP contribution in [-0.2, 0) is 20.5 Å². The maximum Gasteiger partial charge on any atom is 0.337 e. The van der Waals surface area contributed by atoms with Crippen LogP contribution in [0.2, 0.25) is 0 Å². The largest absolute Gasteiger partial charge is 0.497 e. The first-order chi connectivity index (χ1) is 10.9. The van der Waals surface area contributed by atoms with Gasteiger partial charge in [0.25, 0.3) is 0 Å². The highest BCUT2D eigenvalue weighted by Crippen LogP contribution is 2.17. The van der Waals surface area contributed by atoms with Gasteiger partial charge in [0.15, 0.2) is 0 Å². The predicted octanol–water partition coefficient (Wildman–Crippen LogP) is 2.42. The van der Waals surface area contributed by atoms with Crippen molar-refractivity contribution < 1.29 is 22.7 Å². The number of anilines is 1. The van der Waals surface area contributed by atoms with Gasteiger partial charge in [-0.3, -0.25) is 4.72 Å². The average molecular weight is 335 g/mol. The molecule has 0 bridgehead atoms. The highest BCUT2D eigenvalue weighted by molar-refractivity contribution is 7.91. The molecule has 2 rings (SSSR count). The molecular formula is C16H17NO5S. The van der Waals surface area contributed by atoms with E-state index in [0.717, 1.165) is 0 Å². The molecule has 0 aliphatic carbocycles. The normalized spacial score (nSPS) is 10.9. The summed E-state index contributed by atoms with van der Waals surface area (Å²) in [6.07, 6.45) is 0. The number of benzene rings is 2. The van der Waals surface area contributed by atoms with Crippen LogP contribution in [0.3, 0.4) is 0 Å². The van der Waals surface area contributed by atoms with E-state index in [9.17, 15) is 13.2 Å². The van der Waals surface area contributed by atoms with E-state index in [1.165, 1.54) is 26.4 Å². The van der Waals surface area contributed by atoms with Crippen molar-refractivity contribution in [1.82, 2.24) is 0 Å². The van der Waals surface area contributed by atoms with Crippen LogP contribution >= 0.6 is 0 Å². The fourth-order valence-corrected chi connectivity index (χ4v) is 3.15. The molecule has 0 aliphatic rings. The number of esters is 1. The molecule has 0 fully saturated rings. The fourth-order valence-electron chi connectivity index (χ4n) is 1.95. The van der Waals surface area contributed by atoms with E-state index in [2.05, 4.69) is 9.46 Å². The molecular weight excluding hydrogens is 318 g/mol. The minimum Gasteiger partial charge on any atom is -0.497 e. The van der Waals surface area contributed by atoms with Gasteiger partial charge in [0, 0.05) is 5.69 Å². The number of carbonyl (C=O) groups is 1. The molecule has 0 saturated carbocycles. The molecule has 122 valence electrons. The van der Waals surface area contributed by atoms with Gasteiger partial charge in [0.2, 0.25) is 10.0 Å². The lowest BCUT2D eigenvalue weighted by molar-refractivity contribution is 0.0600. The molecule has 1 N–H and O–H groups in total. The molecule has 0 spiro atoms. The van der Waals surface area contributed by atoms with Crippen molar-refractivity contribution in [3.63, 3.8) is 0 Å². The first kappa shape index (κ1) is 16.8. The summed E-state index contributed by atoms with van der Waals surface area (Å²) in [5.41, 5.74) is 1.40. The first-order valence-electron chi connectivity index (χ1n) is 6.75. The maximum absolute atomic E-state index is 12.2. The van der Waals surface area contributed by atoms with Crippen LogP contribution in [0.1, 0.15) is 15.9 Å². The van der Waals surface area contributed by atoms with Crippen LogP contribution in [-0.4, -0.2) is 28.6 Å². The summed E-state index contributed by atoms with van der Waals surface area (Å²) < 4.78 is 36.4. The maximum atomic E-state index is 12.2. The Labute approximate surface area is 135 Å². The van der Waals surface area contributed by atoms with Crippen molar-refractivity contribution in [2.75, 3.05) is 18.9 Å². The van der Waals surface area contributed by atoms with Crippen LogP contribution in [0.15, 0.2) is 48.5 Å². The number of nitrogens with one attached hydrogen (secondary N) is 1. The Morgan fingerprint density at radius 2 is 1.61 bits per heavy atom. The molecule has 7 heteroatoms. The highest BCUT2D eigenvalue weighted by Gasteiger charge is 2.13. The Morgan fingerprint density at radius 3 is 2.13 bits per heavy atom. The summed E-state index contributed by atoms with van der Waals surface area (Å²) in [4.78, 5) is 11.3. The Balaban J connectivity index is 2.06. The SMILES string of the molecule is COC(=O)c1ccc(CS(=O)(=O)Nc2ccc(OC)cc2)cc1. The minimum atomic E-state index is -3.55. The van der Waals surface area contributed by atoms with Crippen molar-refractivity contribution >= 4 is 21.7 Å². The van der Waals surface area contributed by atoms with E-state index < -0.39 is 16.0 Å². The van der Waals surface area contributed by atoms with Gasteiger partial charge in [0.1, 0.15) is 5.75 Å². The lowest BCUT2D eigenvalue weighted by atomic mass is 10.1. The van der Waals surface area contributed by atoms with Crippen molar-refractivity contribution in [3.05, 3.63) is 59.7 Å². The molecule has 2 aromatic carbocycles. The van der Waals surface area contributed by atoms with Crippen molar-refractivity contribution in [2.45, 2.75) is 5.75 Å². The smallest absolute Gasteiger partial charge is 0.337 e. The van der Waals surface area contributed by atoms with E-state index in [1.807, 2.05) is 0 Å². The second kappa shape index (κ2) is 7.15. The van der Waals surface area contributed by atoms with E-state index in [0.29, 0.717) is 22.6 Å². The quantitative estimate of drug-likeness (QED) is 0.820. The summed E-state index contributed by atoms with van der Waals surface area (Å²) in [6.45, 7) is 0. The Hall–Kier alpha value is -2.54. The molecule has 0 unspecified atom stereocenters. The molecule has 0 aromatic heterocycles. The Bertz CT molecular complexity index is 767. The molecule has 0 radical (unpaired) electrons. The topological polar surface area (TPSA) is 81.7 Å². The third-order valence-electron chi connectivity index (χ3n) is 3.10. The molecule has 0 saturated heterocycles. The highest BCUT2D eigenvalue weighted by atomic mass is 32.2. The zero-order valence-electron chi connectivity index (χ0n) is 12.8. The number of hydrogen-bond acceptors (Lipinski definition) is 5. The molecule has 2 aromatic rings. The second-order valence-corrected chi connectivity index (χ2v) is 6.50. The number of ether oxygens (including phenoxy) is 2. The van der Waals surface area contributed by atoms with E-state index in [4.69, 9.17) is 4.74 Å². The van der Waals surface area contributed by atoms with Crippen molar-refractivity contribution in [1.29, 1.82) is 0 Å². The van der Waals surface area contributed by atoms with Gasteiger partial charge in [-0.15, -0.1) is 0 Å². The summed E-state index contributed by atoms with van der Waals surface area (Å²) in [7, 11) is -0.723. The van der Waals surface area contributed by atoms with Crippen LogP contribution in [0.25, 0.3) is 0 Å². The van der Waals surface area contributed by atoms with E-state index >= 15 is 0 Å². The van der Waals surface area contributed by atoms with Gasteiger partial charge in [-0.05, 0) is 42.0 Å². The molecule has 6 nitrogen and oxygen atoms in total. The summed E-state index contributed by atoms with van der Waals surface area (Å²) in [6, 6.07) is 12.8. The third kappa shape index (κ3) is 4.72. The van der Waals surface area contributed by atoms with Crippen molar-refractivity contribution in [3.8, 4) is 5.75 Å². The van der Waals surface area contributed by atoms with Gasteiger partial charge in [-0.2, -0.15) is 0 Å². The van der Waals surface area contributed by atoms with Gasteiger partial charge >= 0.3 is 5.97 Å². The number of methoxy groups -OCH3 is 2. The number of hydrogen-bond donors (Lipinski definition) is 1. The zero-order valence-corrected chi connectivity index (χ0v) is 13.6. The van der Waals surface area contributed by atoms with E-state index in [-0.39, 0.29) is 5.75 Å². The van der Waals surface area contributed by atoms with Gasteiger partial charge in [-0.25, -0.2) is 13.2 Å². The zero-order chi connectivity index (χ0) is 16.9. The molecule has 23 heavy (non-hydrogen) atoms. The fraction of sp³-hybridized carbons (Fsp3) is 0.188. The third-order valence-corrected chi connectivity index (χ3v) is 4.36. The van der Waals surface area contributed by atoms with Crippen LogP contribution < -0.4 is 9.46 Å². The molecule has 0 aliphatic heterocycles. The average Bonchev–Trinajstić information content (AvgIpc) is 2.54. The van der Waals surface area contributed by atoms with Gasteiger partial charge < -0.3 is 9.47 Å². The van der Waals surface area contributed by atoms with Crippen molar-refractivity contribution in [2.24, 2.45) is 0 Å². The second-order valence-electron chi connectivity index (χ2n) is 4.78. The lowest BCUT2D eigenvalue weighted by Gasteiger charge is -2.09. The number of sulfonamides is 1. The van der Waals surface area contributed by atoms with E-state index in [1.54, 1.807) is 36.4 Å². The molecule has 0 heterocycles. The number of carbonyl (C=O) groups excluding carboxylic acids is 1. The molecule has 0 amide bonds. The monoisotopic (exact) mass is 335 g/mol.